The van der Waals surface area contributed by atoms with Crippen molar-refractivity contribution in [1.29, 1.82) is 0 Å². The highest BCUT2D eigenvalue weighted by Gasteiger charge is 2.43. The van der Waals surface area contributed by atoms with E-state index < -0.39 is 17.9 Å². The fourth-order valence-electron chi connectivity index (χ4n) is 3.37. The van der Waals surface area contributed by atoms with Crippen LogP contribution in [0.4, 0.5) is 14.9 Å². The summed E-state index contributed by atoms with van der Waals surface area (Å²) in [4.78, 5) is 28.1. The molecule has 4 rings (SSSR count). The summed E-state index contributed by atoms with van der Waals surface area (Å²) in [5, 5.41) is 0.372. The van der Waals surface area contributed by atoms with E-state index in [1.807, 2.05) is 0 Å². The van der Waals surface area contributed by atoms with Gasteiger partial charge >= 0.3 is 6.03 Å². The number of halogens is 2. The van der Waals surface area contributed by atoms with Crippen molar-refractivity contribution in [3.63, 3.8) is 0 Å². The van der Waals surface area contributed by atoms with Crippen molar-refractivity contribution >= 4 is 29.2 Å². The number of anilines is 1. The second-order valence-corrected chi connectivity index (χ2v) is 7.09. The van der Waals surface area contributed by atoms with Crippen LogP contribution in [0.1, 0.15) is 18.9 Å². The van der Waals surface area contributed by atoms with Gasteiger partial charge in [-0.15, -0.1) is 0 Å². The van der Waals surface area contributed by atoms with Crippen molar-refractivity contribution in [3.8, 4) is 11.5 Å². The van der Waals surface area contributed by atoms with E-state index in [2.05, 4.69) is 0 Å². The summed E-state index contributed by atoms with van der Waals surface area (Å²) in [6, 6.07) is 7.72. The first-order valence-corrected chi connectivity index (χ1v) is 9.31. The molecule has 3 amide bonds. The molecule has 28 heavy (non-hydrogen) atoms. The van der Waals surface area contributed by atoms with Crippen molar-refractivity contribution in [3.05, 3.63) is 52.8 Å². The van der Waals surface area contributed by atoms with Crippen LogP contribution in [0.15, 0.2) is 36.4 Å². The van der Waals surface area contributed by atoms with Crippen LogP contribution in [0.25, 0.3) is 0 Å². The van der Waals surface area contributed by atoms with Crippen LogP contribution in [-0.4, -0.2) is 36.1 Å². The first-order valence-electron chi connectivity index (χ1n) is 8.94. The van der Waals surface area contributed by atoms with Gasteiger partial charge < -0.3 is 9.47 Å². The summed E-state index contributed by atoms with van der Waals surface area (Å²) in [6.07, 6.45) is 0.744. The summed E-state index contributed by atoms with van der Waals surface area (Å²) in [5.41, 5.74) is 1.12. The molecule has 2 aromatic rings. The Morgan fingerprint density at radius 2 is 1.86 bits per heavy atom. The third-order valence-electron chi connectivity index (χ3n) is 4.76. The maximum absolute atomic E-state index is 13.2. The molecule has 0 spiro atoms. The average Bonchev–Trinajstić information content (AvgIpc) is 2.85. The van der Waals surface area contributed by atoms with E-state index in [9.17, 15) is 14.0 Å². The van der Waals surface area contributed by atoms with E-state index in [1.165, 1.54) is 29.2 Å². The molecule has 2 aromatic carbocycles. The Balaban J connectivity index is 1.60. The van der Waals surface area contributed by atoms with E-state index in [0.29, 0.717) is 41.0 Å². The van der Waals surface area contributed by atoms with Crippen LogP contribution >= 0.6 is 11.6 Å². The van der Waals surface area contributed by atoms with Gasteiger partial charge in [0.05, 0.1) is 24.8 Å². The Hall–Kier alpha value is -2.80. The molecule has 0 unspecified atom stereocenters. The lowest BCUT2D eigenvalue weighted by atomic mass is 10.2. The Bertz CT molecular complexity index is 935. The number of imide groups is 1. The number of rotatable bonds is 3. The van der Waals surface area contributed by atoms with Crippen molar-refractivity contribution in [2.45, 2.75) is 25.9 Å². The first-order chi connectivity index (χ1) is 13.5. The first kappa shape index (κ1) is 18.6. The van der Waals surface area contributed by atoms with Crippen molar-refractivity contribution in [2.24, 2.45) is 0 Å². The van der Waals surface area contributed by atoms with Crippen LogP contribution < -0.4 is 14.4 Å². The number of urea groups is 1. The summed E-state index contributed by atoms with van der Waals surface area (Å²) in [7, 11) is 0. The fraction of sp³-hybridized carbons (Fsp3) is 0.300. The van der Waals surface area contributed by atoms with Gasteiger partial charge in [0, 0.05) is 12.1 Å². The summed E-state index contributed by atoms with van der Waals surface area (Å²) < 4.78 is 24.5. The minimum atomic E-state index is -0.686. The summed E-state index contributed by atoms with van der Waals surface area (Å²) in [6.45, 7) is 2.71. The van der Waals surface area contributed by atoms with Gasteiger partial charge in [-0.25, -0.2) is 9.18 Å². The van der Waals surface area contributed by atoms with Crippen LogP contribution in [0, 0.1) is 5.82 Å². The van der Waals surface area contributed by atoms with Gasteiger partial charge in [-0.05, 0) is 48.9 Å². The highest BCUT2D eigenvalue weighted by Crippen LogP contribution is 2.38. The van der Waals surface area contributed by atoms with Gasteiger partial charge in [-0.2, -0.15) is 0 Å². The van der Waals surface area contributed by atoms with Crippen molar-refractivity contribution in [1.82, 2.24) is 4.90 Å². The van der Waals surface area contributed by atoms with E-state index in [0.717, 1.165) is 11.3 Å². The molecule has 0 aliphatic carbocycles. The molecule has 2 aliphatic rings. The molecule has 0 radical (unpaired) electrons. The summed E-state index contributed by atoms with van der Waals surface area (Å²) >= 11 is 6.31. The molecule has 0 saturated carbocycles. The predicted octanol–water partition coefficient (Wildman–Crippen LogP) is 4.00. The largest absolute Gasteiger partial charge is 0.489 e. The van der Waals surface area contributed by atoms with Crippen LogP contribution in [0.5, 0.6) is 11.5 Å². The zero-order valence-electron chi connectivity index (χ0n) is 15.2. The van der Waals surface area contributed by atoms with Gasteiger partial charge in [0.25, 0.3) is 5.91 Å². The molecule has 1 fully saturated rings. The third kappa shape index (κ3) is 3.26. The van der Waals surface area contributed by atoms with Gasteiger partial charge in [0.2, 0.25) is 0 Å². The second kappa shape index (κ2) is 7.31. The number of benzene rings is 2. The Labute approximate surface area is 166 Å². The molecule has 1 atom stereocenters. The molecule has 2 heterocycles. The molecular formula is C20H18ClFN2O4. The highest BCUT2D eigenvalue weighted by molar-refractivity contribution is 6.32. The number of ether oxygens (including phenoxy) is 2. The van der Waals surface area contributed by atoms with Gasteiger partial charge in [0.1, 0.15) is 11.9 Å². The van der Waals surface area contributed by atoms with Crippen LogP contribution in [0.3, 0.4) is 0 Å². The molecule has 6 nitrogen and oxygen atoms in total. The standard InChI is InChI=1S/C20H18ClFN2O4/c1-12-19(25)23(20(26)24(12)15-5-3-14(22)4-6-15)11-13-9-16(21)18-17(10-13)27-7-2-8-28-18/h3-6,9-10,12H,2,7-8,11H2,1H3/t12-/m1/s1. The molecule has 2 aliphatic heterocycles. The molecule has 0 bridgehead atoms. The zero-order chi connectivity index (χ0) is 19.8. The smallest absolute Gasteiger partial charge is 0.332 e. The minimum absolute atomic E-state index is 0.0516. The number of fused-ring (bicyclic) bond motifs is 1. The lowest BCUT2D eigenvalue weighted by Gasteiger charge is -2.19. The molecule has 146 valence electrons. The normalized spacial score (nSPS) is 19.2. The number of nitrogens with zero attached hydrogens (tertiary/aromatic N) is 2. The number of carbonyl (C=O) groups is 2. The maximum Gasteiger partial charge on any atom is 0.332 e. The maximum atomic E-state index is 13.2. The fourth-order valence-corrected chi connectivity index (χ4v) is 3.65. The Kier molecular flexibility index (Phi) is 4.85. The SMILES string of the molecule is C[C@@H]1C(=O)N(Cc2cc(Cl)c3c(c2)OCCCO3)C(=O)N1c1ccc(F)cc1. The van der Waals surface area contributed by atoms with Gasteiger partial charge in [-0.3, -0.25) is 14.6 Å². The second-order valence-electron chi connectivity index (χ2n) is 6.68. The third-order valence-corrected chi connectivity index (χ3v) is 5.04. The number of amides is 3. The van der Waals surface area contributed by atoms with E-state index >= 15 is 0 Å². The Morgan fingerprint density at radius 3 is 2.61 bits per heavy atom. The summed E-state index contributed by atoms with van der Waals surface area (Å²) in [5.74, 6) is 0.233. The zero-order valence-corrected chi connectivity index (χ0v) is 15.9. The number of hydrogen-bond acceptors (Lipinski definition) is 4. The van der Waals surface area contributed by atoms with Gasteiger partial charge in [0.15, 0.2) is 11.5 Å². The van der Waals surface area contributed by atoms with E-state index in [-0.39, 0.29) is 12.5 Å². The lowest BCUT2D eigenvalue weighted by molar-refractivity contribution is -0.127. The molecular weight excluding hydrogens is 387 g/mol. The Morgan fingerprint density at radius 1 is 1.14 bits per heavy atom. The van der Waals surface area contributed by atoms with Crippen molar-refractivity contribution < 1.29 is 23.5 Å². The number of hydrogen-bond donors (Lipinski definition) is 0. The molecule has 1 saturated heterocycles. The quantitative estimate of drug-likeness (QED) is 0.725. The highest BCUT2D eigenvalue weighted by atomic mass is 35.5. The topological polar surface area (TPSA) is 59.1 Å². The van der Waals surface area contributed by atoms with Gasteiger partial charge in [-0.1, -0.05) is 11.6 Å². The number of carbonyl (C=O) groups excluding carboxylic acids is 2. The monoisotopic (exact) mass is 404 g/mol. The predicted molar refractivity (Wildman–Crippen MR) is 101 cm³/mol. The van der Waals surface area contributed by atoms with Crippen molar-refractivity contribution in [2.75, 3.05) is 18.1 Å². The van der Waals surface area contributed by atoms with Crippen LogP contribution in [0.2, 0.25) is 5.02 Å². The lowest BCUT2D eigenvalue weighted by Crippen LogP contribution is -2.33. The molecule has 0 N–H and O–H groups in total. The molecule has 8 heteroatoms. The van der Waals surface area contributed by atoms with Crippen LogP contribution in [-0.2, 0) is 11.3 Å². The van der Waals surface area contributed by atoms with E-state index in [4.69, 9.17) is 21.1 Å². The minimum Gasteiger partial charge on any atom is -0.489 e. The van der Waals surface area contributed by atoms with E-state index in [1.54, 1.807) is 19.1 Å². The average molecular weight is 405 g/mol. The molecule has 0 aromatic heterocycles.